The van der Waals surface area contributed by atoms with Crippen molar-refractivity contribution in [2.75, 3.05) is 18.4 Å². The van der Waals surface area contributed by atoms with Gasteiger partial charge in [0, 0.05) is 18.7 Å². The lowest BCUT2D eigenvalue weighted by Crippen LogP contribution is -2.32. The maximum atomic E-state index is 14.8. The number of fused-ring (bicyclic) bond motifs is 1. The highest BCUT2D eigenvalue weighted by Crippen LogP contribution is 2.33. The summed E-state index contributed by atoms with van der Waals surface area (Å²) in [5, 5.41) is 6.59. The third-order valence-corrected chi connectivity index (χ3v) is 6.27. The number of piperidine rings is 1. The first-order chi connectivity index (χ1) is 16.5. The predicted octanol–water partition coefficient (Wildman–Crippen LogP) is 5.18. The molecule has 4 aromatic rings. The monoisotopic (exact) mass is 486 g/mol. The molecule has 34 heavy (non-hydrogen) atoms. The lowest BCUT2D eigenvalue weighted by molar-refractivity contribution is 0.341. The zero-order valence-electron chi connectivity index (χ0n) is 18.2. The predicted molar refractivity (Wildman–Crippen MR) is 125 cm³/mol. The normalized spacial score (nSPS) is 16.2. The van der Waals surface area contributed by atoms with Gasteiger partial charge in [0.25, 0.3) is 0 Å². The van der Waals surface area contributed by atoms with Crippen LogP contribution in [0.5, 0.6) is 0 Å². The topological polar surface area (TPSA) is 67.7 Å². The molecule has 1 aliphatic heterocycles. The van der Waals surface area contributed by atoms with E-state index in [0.717, 1.165) is 44.1 Å². The number of benzene rings is 2. The summed E-state index contributed by atoms with van der Waals surface area (Å²) in [6.07, 6.45) is 3.60. The summed E-state index contributed by atoms with van der Waals surface area (Å²) in [4.78, 5) is 13.5. The molecule has 0 saturated carbocycles. The third-order valence-electron chi connectivity index (χ3n) is 5.96. The van der Waals surface area contributed by atoms with E-state index >= 15 is 0 Å². The van der Waals surface area contributed by atoms with Gasteiger partial charge in [-0.15, -0.1) is 0 Å². The molecule has 2 N–H and O–H groups in total. The van der Waals surface area contributed by atoms with Crippen LogP contribution in [0.15, 0.2) is 42.6 Å². The van der Waals surface area contributed by atoms with E-state index in [2.05, 4.69) is 25.6 Å². The van der Waals surface area contributed by atoms with Gasteiger partial charge < -0.3 is 15.2 Å². The number of nitrogens with zero attached hydrogens (tertiary/aromatic N) is 4. The fraction of sp³-hybridized carbons (Fsp3) is 0.292. The van der Waals surface area contributed by atoms with Crippen molar-refractivity contribution in [3.63, 3.8) is 0 Å². The van der Waals surface area contributed by atoms with Crippen LogP contribution in [0.3, 0.4) is 0 Å². The molecule has 0 amide bonds. The van der Waals surface area contributed by atoms with Gasteiger partial charge in [0.15, 0.2) is 5.65 Å². The summed E-state index contributed by atoms with van der Waals surface area (Å²) in [6, 6.07) is 7.78. The molecule has 0 spiro atoms. The summed E-state index contributed by atoms with van der Waals surface area (Å²) in [5.74, 6) is -0.611. The average Bonchev–Trinajstić information content (AvgIpc) is 3.17. The van der Waals surface area contributed by atoms with Crippen LogP contribution in [-0.2, 0) is 13.1 Å². The molecule has 2 aromatic heterocycles. The molecule has 2 aromatic carbocycles. The molecule has 0 radical (unpaired) electrons. The second kappa shape index (κ2) is 9.60. The number of anilines is 1. The highest BCUT2D eigenvalue weighted by atomic mass is 35.5. The first-order valence-electron chi connectivity index (χ1n) is 11.1. The standard InChI is InChI=1S/C24H22ClF3N6/c25-17-4-1-5-19(28)21(17)23-32-20-12-31-24(30-11-15-9-16(26)6-7-18(15)27)33-22(20)34(23)13-14-3-2-8-29-10-14/h1,4-7,9,12,14,29H,2-3,8,10-11,13H2,(H,30,31,33)/t14-/m1/s1. The Bertz CT molecular complexity index is 1320. The fourth-order valence-electron chi connectivity index (χ4n) is 4.27. The minimum atomic E-state index is -0.528. The Kier molecular flexibility index (Phi) is 6.38. The maximum absolute atomic E-state index is 14.8. The van der Waals surface area contributed by atoms with Gasteiger partial charge in [-0.05, 0) is 62.2 Å². The van der Waals surface area contributed by atoms with E-state index in [9.17, 15) is 13.2 Å². The molecule has 3 heterocycles. The van der Waals surface area contributed by atoms with Crippen molar-refractivity contribution in [2.45, 2.75) is 25.9 Å². The molecule has 176 valence electrons. The number of rotatable bonds is 6. The van der Waals surface area contributed by atoms with Gasteiger partial charge in [-0.3, -0.25) is 0 Å². The molecule has 1 aliphatic rings. The van der Waals surface area contributed by atoms with Gasteiger partial charge in [-0.1, -0.05) is 17.7 Å². The largest absolute Gasteiger partial charge is 0.350 e. The third kappa shape index (κ3) is 4.58. The molecule has 0 unspecified atom stereocenters. The number of aromatic nitrogens is 4. The SMILES string of the molecule is Fc1ccc(F)c(CNc2ncc3nc(-c4c(F)cccc4Cl)n(C[C@@H]4CCCNC4)c3n2)c1. The van der Waals surface area contributed by atoms with Crippen molar-refractivity contribution in [3.05, 3.63) is 70.6 Å². The highest BCUT2D eigenvalue weighted by Gasteiger charge is 2.23. The Hall–Kier alpha value is -3.17. The van der Waals surface area contributed by atoms with Crippen molar-refractivity contribution in [1.82, 2.24) is 24.8 Å². The number of hydrogen-bond acceptors (Lipinski definition) is 5. The Morgan fingerprint density at radius 2 is 2.00 bits per heavy atom. The molecular formula is C24H22ClF3N6. The molecule has 1 atom stereocenters. The summed E-state index contributed by atoms with van der Waals surface area (Å²) in [7, 11) is 0. The van der Waals surface area contributed by atoms with Gasteiger partial charge in [0.2, 0.25) is 5.95 Å². The van der Waals surface area contributed by atoms with E-state index in [1.54, 1.807) is 12.1 Å². The van der Waals surface area contributed by atoms with Crippen LogP contribution in [0.1, 0.15) is 18.4 Å². The Morgan fingerprint density at radius 3 is 2.79 bits per heavy atom. The van der Waals surface area contributed by atoms with Gasteiger partial charge in [0.1, 0.15) is 28.8 Å². The van der Waals surface area contributed by atoms with Gasteiger partial charge in [-0.25, -0.2) is 23.1 Å². The quantitative estimate of drug-likeness (QED) is 0.393. The van der Waals surface area contributed by atoms with E-state index < -0.39 is 17.5 Å². The molecule has 5 rings (SSSR count). The van der Waals surface area contributed by atoms with E-state index in [4.69, 9.17) is 11.6 Å². The zero-order chi connectivity index (χ0) is 23.7. The Labute approximate surface area is 199 Å². The van der Waals surface area contributed by atoms with E-state index in [0.29, 0.717) is 29.5 Å². The van der Waals surface area contributed by atoms with Crippen LogP contribution in [0.2, 0.25) is 5.02 Å². The minimum Gasteiger partial charge on any atom is -0.350 e. The lowest BCUT2D eigenvalue weighted by Gasteiger charge is -2.24. The molecular weight excluding hydrogens is 465 g/mol. The van der Waals surface area contributed by atoms with Crippen LogP contribution in [-0.4, -0.2) is 32.6 Å². The number of nitrogens with one attached hydrogen (secondary N) is 2. The van der Waals surface area contributed by atoms with Crippen molar-refractivity contribution in [2.24, 2.45) is 5.92 Å². The van der Waals surface area contributed by atoms with E-state index in [1.807, 2.05) is 4.57 Å². The average molecular weight is 487 g/mol. The maximum Gasteiger partial charge on any atom is 0.225 e. The second-order valence-electron chi connectivity index (χ2n) is 8.35. The minimum absolute atomic E-state index is 0.00177. The van der Waals surface area contributed by atoms with Crippen molar-refractivity contribution < 1.29 is 13.2 Å². The molecule has 6 nitrogen and oxygen atoms in total. The summed E-state index contributed by atoms with van der Waals surface area (Å²) in [6.45, 7) is 2.37. The van der Waals surface area contributed by atoms with Crippen LogP contribution in [0, 0.1) is 23.4 Å². The summed E-state index contributed by atoms with van der Waals surface area (Å²) in [5.41, 5.74) is 1.37. The first kappa shape index (κ1) is 22.6. The van der Waals surface area contributed by atoms with Gasteiger partial charge in [0.05, 0.1) is 16.8 Å². The van der Waals surface area contributed by atoms with Crippen LogP contribution >= 0.6 is 11.6 Å². The first-order valence-corrected chi connectivity index (χ1v) is 11.4. The lowest BCUT2D eigenvalue weighted by atomic mass is 9.99. The highest BCUT2D eigenvalue weighted by molar-refractivity contribution is 6.33. The van der Waals surface area contributed by atoms with Crippen LogP contribution < -0.4 is 10.6 Å². The molecule has 1 saturated heterocycles. The Balaban J connectivity index is 1.54. The molecule has 10 heteroatoms. The Morgan fingerprint density at radius 1 is 1.12 bits per heavy atom. The number of hydrogen-bond donors (Lipinski definition) is 2. The molecule has 0 bridgehead atoms. The number of halogens is 4. The van der Waals surface area contributed by atoms with Gasteiger partial charge in [-0.2, -0.15) is 4.98 Å². The van der Waals surface area contributed by atoms with E-state index in [-0.39, 0.29) is 28.6 Å². The van der Waals surface area contributed by atoms with Crippen LogP contribution in [0.25, 0.3) is 22.6 Å². The molecule has 1 fully saturated rings. The van der Waals surface area contributed by atoms with E-state index in [1.165, 1.54) is 12.3 Å². The van der Waals surface area contributed by atoms with Crippen molar-refractivity contribution in [1.29, 1.82) is 0 Å². The van der Waals surface area contributed by atoms with Gasteiger partial charge >= 0.3 is 0 Å². The van der Waals surface area contributed by atoms with Crippen molar-refractivity contribution in [3.8, 4) is 11.4 Å². The van der Waals surface area contributed by atoms with Crippen LogP contribution in [0.4, 0.5) is 19.1 Å². The smallest absolute Gasteiger partial charge is 0.225 e. The summed E-state index contributed by atoms with van der Waals surface area (Å²) >= 11 is 6.36. The number of imidazole rings is 1. The molecule has 0 aliphatic carbocycles. The second-order valence-corrected chi connectivity index (χ2v) is 8.75. The summed E-state index contributed by atoms with van der Waals surface area (Å²) < 4.78 is 44.2. The zero-order valence-corrected chi connectivity index (χ0v) is 18.9. The fourth-order valence-corrected chi connectivity index (χ4v) is 4.52. The van der Waals surface area contributed by atoms with Crippen molar-refractivity contribution >= 4 is 28.7 Å².